The maximum Gasteiger partial charge on any atom is 0.0965 e. The van der Waals surface area contributed by atoms with E-state index < -0.39 is 0 Å². The second kappa shape index (κ2) is 6.82. The molecule has 1 aromatic heterocycles. The third kappa shape index (κ3) is 4.72. The van der Waals surface area contributed by atoms with Crippen LogP contribution in [0.1, 0.15) is 32.9 Å². The standard InChI is InChI=1S/C12H24N4O2/c1-12(2,3)16-8-11(14-15-16)7-13-10(5-6-17)9-18-4/h8,10,13,17H,5-7,9H2,1-4H3. The molecule has 2 N–H and O–H groups in total. The number of aliphatic hydroxyl groups is 1. The molecule has 0 saturated carbocycles. The van der Waals surface area contributed by atoms with Gasteiger partial charge in [-0.2, -0.15) is 0 Å². The first kappa shape index (κ1) is 15.1. The fourth-order valence-electron chi connectivity index (χ4n) is 1.56. The lowest BCUT2D eigenvalue weighted by Crippen LogP contribution is -2.33. The van der Waals surface area contributed by atoms with E-state index >= 15 is 0 Å². The third-order valence-electron chi connectivity index (χ3n) is 2.65. The summed E-state index contributed by atoms with van der Waals surface area (Å²) in [5.41, 5.74) is 0.839. The predicted octanol–water partition coefficient (Wildman–Crippen LogP) is 0.520. The van der Waals surface area contributed by atoms with Crippen LogP contribution in [-0.4, -0.2) is 46.5 Å². The monoisotopic (exact) mass is 256 g/mol. The van der Waals surface area contributed by atoms with Gasteiger partial charge in [-0.1, -0.05) is 5.21 Å². The Hall–Kier alpha value is -0.980. The number of hydrogen-bond acceptors (Lipinski definition) is 5. The summed E-state index contributed by atoms with van der Waals surface area (Å²) in [7, 11) is 1.65. The van der Waals surface area contributed by atoms with Gasteiger partial charge < -0.3 is 15.2 Å². The molecule has 0 aliphatic carbocycles. The second-order valence-electron chi connectivity index (χ2n) is 5.37. The zero-order valence-electron chi connectivity index (χ0n) is 11.7. The van der Waals surface area contributed by atoms with Crippen molar-refractivity contribution in [2.24, 2.45) is 0 Å². The molecule has 0 aliphatic rings. The molecule has 1 aromatic rings. The van der Waals surface area contributed by atoms with Crippen molar-refractivity contribution < 1.29 is 9.84 Å². The van der Waals surface area contributed by atoms with Crippen LogP contribution < -0.4 is 5.32 Å². The molecule has 6 nitrogen and oxygen atoms in total. The highest BCUT2D eigenvalue weighted by Crippen LogP contribution is 2.11. The van der Waals surface area contributed by atoms with Crippen LogP contribution in [-0.2, 0) is 16.8 Å². The number of aliphatic hydroxyl groups excluding tert-OH is 1. The number of rotatable bonds is 7. The quantitative estimate of drug-likeness (QED) is 0.744. The van der Waals surface area contributed by atoms with Crippen LogP contribution in [0.3, 0.4) is 0 Å². The highest BCUT2D eigenvalue weighted by Gasteiger charge is 2.15. The fraction of sp³-hybridized carbons (Fsp3) is 0.833. The lowest BCUT2D eigenvalue weighted by Gasteiger charge is -2.17. The second-order valence-corrected chi connectivity index (χ2v) is 5.37. The van der Waals surface area contributed by atoms with E-state index in [1.807, 2.05) is 10.9 Å². The molecule has 1 rings (SSSR count). The van der Waals surface area contributed by atoms with Crippen LogP contribution in [0.2, 0.25) is 0 Å². The van der Waals surface area contributed by atoms with Crippen molar-refractivity contribution in [1.82, 2.24) is 20.3 Å². The van der Waals surface area contributed by atoms with Crippen molar-refractivity contribution in [3.8, 4) is 0 Å². The van der Waals surface area contributed by atoms with Crippen LogP contribution in [0, 0.1) is 0 Å². The summed E-state index contributed by atoms with van der Waals surface area (Å²) >= 11 is 0. The van der Waals surface area contributed by atoms with Gasteiger partial charge >= 0.3 is 0 Å². The predicted molar refractivity (Wildman–Crippen MR) is 69.2 cm³/mol. The van der Waals surface area contributed by atoms with Gasteiger partial charge in [0.1, 0.15) is 0 Å². The largest absolute Gasteiger partial charge is 0.396 e. The van der Waals surface area contributed by atoms with Crippen molar-refractivity contribution in [3.63, 3.8) is 0 Å². The normalized spacial score (nSPS) is 13.8. The SMILES string of the molecule is COCC(CCO)NCc1cn(C(C)(C)C)nn1. The Morgan fingerprint density at radius 1 is 1.50 bits per heavy atom. The van der Waals surface area contributed by atoms with Gasteiger partial charge in [-0.25, -0.2) is 4.68 Å². The van der Waals surface area contributed by atoms with Crippen molar-refractivity contribution >= 4 is 0 Å². The number of hydrogen-bond donors (Lipinski definition) is 2. The maximum absolute atomic E-state index is 8.94. The van der Waals surface area contributed by atoms with Gasteiger partial charge in [0.2, 0.25) is 0 Å². The molecule has 0 amide bonds. The number of methoxy groups -OCH3 is 1. The number of aromatic nitrogens is 3. The minimum absolute atomic E-state index is 0.0533. The third-order valence-corrected chi connectivity index (χ3v) is 2.65. The lowest BCUT2D eigenvalue weighted by atomic mass is 10.1. The molecule has 6 heteroatoms. The van der Waals surface area contributed by atoms with Crippen molar-refractivity contribution in [2.45, 2.75) is 45.3 Å². The molecule has 0 bridgehead atoms. The molecular formula is C12H24N4O2. The summed E-state index contributed by atoms with van der Waals surface area (Å²) in [5.74, 6) is 0. The van der Waals surface area contributed by atoms with E-state index in [2.05, 4.69) is 36.4 Å². The van der Waals surface area contributed by atoms with Gasteiger partial charge in [0.25, 0.3) is 0 Å². The average Bonchev–Trinajstić information content (AvgIpc) is 2.75. The Kier molecular flexibility index (Phi) is 5.71. The molecule has 0 saturated heterocycles. The molecule has 18 heavy (non-hydrogen) atoms. The number of nitrogens with one attached hydrogen (secondary N) is 1. The first-order valence-electron chi connectivity index (χ1n) is 6.22. The number of ether oxygens (including phenoxy) is 1. The van der Waals surface area contributed by atoms with Gasteiger partial charge in [0.05, 0.1) is 24.0 Å². The van der Waals surface area contributed by atoms with Gasteiger partial charge in [0, 0.05) is 26.3 Å². The Labute approximate surface area is 108 Å². The van der Waals surface area contributed by atoms with E-state index in [4.69, 9.17) is 9.84 Å². The summed E-state index contributed by atoms with van der Waals surface area (Å²) in [6.07, 6.45) is 2.61. The summed E-state index contributed by atoms with van der Waals surface area (Å²) in [4.78, 5) is 0. The average molecular weight is 256 g/mol. The van der Waals surface area contributed by atoms with E-state index in [1.165, 1.54) is 0 Å². The summed E-state index contributed by atoms with van der Waals surface area (Å²) < 4.78 is 6.94. The van der Waals surface area contributed by atoms with Gasteiger partial charge in [-0.05, 0) is 27.2 Å². The van der Waals surface area contributed by atoms with E-state index in [-0.39, 0.29) is 18.2 Å². The maximum atomic E-state index is 8.94. The Balaban J connectivity index is 2.49. The first-order valence-corrected chi connectivity index (χ1v) is 6.22. The van der Waals surface area contributed by atoms with Crippen molar-refractivity contribution in [2.75, 3.05) is 20.3 Å². The molecule has 0 spiro atoms. The molecule has 0 fully saturated rings. The summed E-state index contributed by atoms with van der Waals surface area (Å²) in [6.45, 7) is 7.60. The zero-order chi connectivity index (χ0) is 13.6. The minimum atomic E-state index is -0.0533. The van der Waals surface area contributed by atoms with Crippen LogP contribution in [0.15, 0.2) is 6.20 Å². The van der Waals surface area contributed by atoms with Crippen LogP contribution in [0.25, 0.3) is 0 Å². The molecular weight excluding hydrogens is 232 g/mol. The molecule has 0 radical (unpaired) electrons. The van der Waals surface area contributed by atoms with Gasteiger partial charge in [-0.15, -0.1) is 5.10 Å². The Bertz CT molecular complexity index is 340. The highest BCUT2D eigenvalue weighted by molar-refractivity contribution is 4.94. The molecule has 1 unspecified atom stereocenters. The Morgan fingerprint density at radius 2 is 2.22 bits per heavy atom. The fourth-order valence-corrected chi connectivity index (χ4v) is 1.56. The number of nitrogens with zero attached hydrogens (tertiary/aromatic N) is 3. The van der Waals surface area contributed by atoms with Crippen molar-refractivity contribution in [1.29, 1.82) is 0 Å². The van der Waals surface area contributed by atoms with Crippen LogP contribution in [0.4, 0.5) is 0 Å². The van der Waals surface area contributed by atoms with Crippen LogP contribution in [0.5, 0.6) is 0 Å². The molecule has 104 valence electrons. The topological polar surface area (TPSA) is 72.2 Å². The summed E-state index contributed by atoms with van der Waals surface area (Å²) in [5, 5.41) is 20.5. The smallest absolute Gasteiger partial charge is 0.0965 e. The van der Waals surface area contributed by atoms with E-state index in [9.17, 15) is 0 Å². The highest BCUT2D eigenvalue weighted by atomic mass is 16.5. The van der Waals surface area contributed by atoms with E-state index in [0.717, 1.165) is 5.69 Å². The van der Waals surface area contributed by atoms with Crippen LogP contribution >= 0.6 is 0 Å². The zero-order valence-corrected chi connectivity index (χ0v) is 11.7. The molecule has 1 heterocycles. The van der Waals surface area contributed by atoms with Crippen molar-refractivity contribution in [3.05, 3.63) is 11.9 Å². The van der Waals surface area contributed by atoms with Gasteiger partial charge in [-0.3, -0.25) is 0 Å². The summed E-state index contributed by atoms with van der Waals surface area (Å²) in [6, 6.07) is 0.139. The molecule has 0 aliphatic heterocycles. The lowest BCUT2D eigenvalue weighted by molar-refractivity contribution is 0.148. The first-order chi connectivity index (χ1) is 8.47. The van der Waals surface area contributed by atoms with Gasteiger partial charge in [0.15, 0.2) is 0 Å². The van der Waals surface area contributed by atoms with E-state index in [0.29, 0.717) is 19.6 Å². The minimum Gasteiger partial charge on any atom is -0.396 e. The molecule has 0 aromatic carbocycles. The molecule has 1 atom stereocenters. The Morgan fingerprint density at radius 3 is 2.72 bits per heavy atom. The van der Waals surface area contributed by atoms with E-state index in [1.54, 1.807) is 7.11 Å².